The van der Waals surface area contributed by atoms with Crippen molar-refractivity contribution in [2.75, 3.05) is 6.61 Å². The molecular formula is C11H10FNO2. The maximum absolute atomic E-state index is 13.3. The molecule has 0 heterocycles. The van der Waals surface area contributed by atoms with Gasteiger partial charge in [-0.15, -0.1) is 0 Å². The molecule has 0 aliphatic carbocycles. The highest BCUT2D eigenvalue weighted by molar-refractivity contribution is 5.91. The zero-order valence-electron chi connectivity index (χ0n) is 8.50. The minimum Gasteiger partial charge on any atom is -0.462 e. The Morgan fingerprint density at radius 1 is 1.60 bits per heavy atom. The Labute approximate surface area is 87.1 Å². The number of rotatable bonds is 2. The third-order valence-electron chi connectivity index (χ3n) is 1.97. The minimum absolute atomic E-state index is 0.105. The second kappa shape index (κ2) is 4.56. The summed E-state index contributed by atoms with van der Waals surface area (Å²) in [6.07, 6.45) is 0. The lowest BCUT2D eigenvalue weighted by molar-refractivity contribution is 0.0525. The number of hydrogen-bond donors (Lipinski definition) is 0. The maximum Gasteiger partial charge on any atom is 0.338 e. The number of nitrogens with zero attached hydrogens (tertiary/aromatic N) is 1. The van der Waals surface area contributed by atoms with Gasteiger partial charge in [0, 0.05) is 0 Å². The Bertz CT molecular complexity index is 435. The number of carbonyl (C=O) groups is 1. The van der Waals surface area contributed by atoms with Crippen LogP contribution in [0.4, 0.5) is 4.39 Å². The average molecular weight is 207 g/mol. The van der Waals surface area contributed by atoms with Crippen molar-refractivity contribution >= 4 is 5.97 Å². The number of hydrogen-bond acceptors (Lipinski definition) is 3. The first kappa shape index (κ1) is 11.2. The van der Waals surface area contributed by atoms with Crippen LogP contribution in [0.1, 0.15) is 28.4 Å². The molecule has 0 fully saturated rings. The third kappa shape index (κ3) is 2.32. The van der Waals surface area contributed by atoms with Crippen LogP contribution < -0.4 is 0 Å². The van der Waals surface area contributed by atoms with Crippen molar-refractivity contribution in [3.05, 3.63) is 34.6 Å². The van der Waals surface area contributed by atoms with Gasteiger partial charge in [-0.1, -0.05) is 0 Å². The SMILES string of the molecule is CCOC(=O)c1cc(C#N)cc(F)c1C. The Balaban J connectivity index is 3.23. The Morgan fingerprint density at radius 3 is 2.80 bits per heavy atom. The molecule has 1 aromatic carbocycles. The van der Waals surface area contributed by atoms with Gasteiger partial charge in [-0.2, -0.15) is 5.26 Å². The zero-order valence-corrected chi connectivity index (χ0v) is 8.50. The van der Waals surface area contributed by atoms with E-state index >= 15 is 0 Å². The normalized spacial score (nSPS) is 9.47. The molecular weight excluding hydrogens is 197 g/mol. The molecule has 15 heavy (non-hydrogen) atoms. The molecule has 0 radical (unpaired) electrons. The predicted molar refractivity (Wildman–Crippen MR) is 51.8 cm³/mol. The van der Waals surface area contributed by atoms with Crippen LogP contribution in [0.5, 0.6) is 0 Å². The van der Waals surface area contributed by atoms with Gasteiger partial charge in [0.15, 0.2) is 0 Å². The predicted octanol–water partition coefficient (Wildman–Crippen LogP) is 2.18. The largest absolute Gasteiger partial charge is 0.462 e. The molecule has 0 spiro atoms. The molecule has 0 atom stereocenters. The molecule has 0 N–H and O–H groups in total. The molecule has 0 saturated heterocycles. The van der Waals surface area contributed by atoms with Crippen LogP contribution in [0.2, 0.25) is 0 Å². The van der Waals surface area contributed by atoms with E-state index in [1.807, 2.05) is 0 Å². The van der Waals surface area contributed by atoms with Gasteiger partial charge in [0.1, 0.15) is 5.82 Å². The van der Waals surface area contributed by atoms with E-state index in [9.17, 15) is 9.18 Å². The first-order valence-corrected chi connectivity index (χ1v) is 4.47. The van der Waals surface area contributed by atoms with Gasteiger partial charge in [0.05, 0.1) is 23.8 Å². The van der Waals surface area contributed by atoms with Crippen molar-refractivity contribution in [1.82, 2.24) is 0 Å². The maximum atomic E-state index is 13.3. The van der Waals surface area contributed by atoms with Crippen LogP contribution in [-0.2, 0) is 4.74 Å². The number of nitriles is 1. The molecule has 0 amide bonds. The quantitative estimate of drug-likeness (QED) is 0.698. The van der Waals surface area contributed by atoms with Crippen LogP contribution >= 0.6 is 0 Å². The van der Waals surface area contributed by atoms with E-state index in [1.54, 1.807) is 13.0 Å². The number of carbonyl (C=O) groups excluding carboxylic acids is 1. The lowest BCUT2D eigenvalue weighted by atomic mass is 10.0. The first-order valence-electron chi connectivity index (χ1n) is 4.47. The Hall–Kier alpha value is -1.89. The summed E-state index contributed by atoms with van der Waals surface area (Å²) in [6.45, 7) is 3.36. The Morgan fingerprint density at radius 2 is 2.27 bits per heavy atom. The second-order valence-electron chi connectivity index (χ2n) is 2.96. The summed E-state index contributed by atoms with van der Waals surface area (Å²) in [6, 6.07) is 4.21. The van der Waals surface area contributed by atoms with E-state index in [-0.39, 0.29) is 23.3 Å². The lowest BCUT2D eigenvalue weighted by Crippen LogP contribution is -2.08. The molecule has 0 unspecified atom stereocenters. The van der Waals surface area contributed by atoms with Gasteiger partial charge in [-0.05, 0) is 31.5 Å². The van der Waals surface area contributed by atoms with Crippen LogP contribution in [-0.4, -0.2) is 12.6 Å². The molecule has 0 aliphatic heterocycles. The van der Waals surface area contributed by atoms with Crippen molar-refractivity contribution in [2.24, 2.45) is 0 Å². The van der Waals surface area contributed by atoms with Crippen molar-refractivity contribution < 1.29 is 13.9 Å². The van der Waals surface area contributed by atoms with E-state index in [2.05, 4.69) is 0 Å². The average Bonchev–Trinajstić information content (AvgIpc) is 2.22. The molecule has 3 nitrogen and oxygen atoms in total. The summed E-state index contributed by atoms with van der Waals surface area (Å²) in [4.78, 5) is 11.4. The summed E-state index contributed by atoms with van der Waals surface area (Å²) in [5.41, 5.74) is 0.419. The molecule has 78 valence electrons. The molecule has 4 heteroatoms. The minimum atomic E-state index is -0.606. The van der Waals surface area contributed by atoms with Gasteiger partial charge in [0.2, 0.25) is 0 Å². The topological polar surface area (TPSA) is 50.1 Å². The van der Waals surface area contributed by atoms with E-state index in [1.165, 1.54) is 13.0 Å². The highest BCUT2D eigenvalue weighted by Crippen LogP contribution is 2.16. The van der Waals surface area contributed by atoms with Crippen molar-refractivity contribution in [1.29, 1.82) is 5.26 Å². The summed E-state index contributed by atoms with van der Waals surface area (Å²) < 4.78 is 18.0. The van der Waals surface area contributed by atoms with Crippen LogP contribution in [0.15, 0.2) is 12.1 Å². The fourth-order valence-corrected chi connectivity index (χ4v) is 1.16. The van der Waals surface area contributed by atoms with E-state index in [0.29, 0.717) is 0 Å². The molecule has 0 saturated carbocycles. The highest BCUT2D eigenvalue weighted by Gasteiger charge is 2.14. The Kier molecular flexibility index (Phi) is 3.40. The fourth-order valence-electron chi connectivity index (χ4n) is 1.16. The smallest absolute Gasteiger partial charge is 0.338 e. The number of ether oxygens (including phenoxy) is 1. The summed E-state index contributed by atoms with van der Waals surface area (Å²) in [5.74, 6) is -1.18. The van der Waals surface area contributed by atoms with Gasteiger partial charge < -0.3 is 4.74 Å². The number of benzene rings is 1. The molecule has 0 aromatic heterocycles. The van der Waals surface area contributed by atoms with E-state index in [4.69, 9.17) is 10.00 Å². The zero-order chi connectivity index (χ0) is 11.4. The van der Waals surface area contributed by atoms with Gasteiger partial charge >= 0.3 is 5.97 Å². The fraction of sp³-hybridized carbons (Fsp3) is 0.273. The number of esters is 1. The van der Waals surface area contributed by atoms with Gasteiger partial charge in [0.25, 0.3) is 0 Å². The molecule has 0 bridgehead atoms. The third-order valence-corrected chi connectivity index (χ3v) is 1.97. The van der Waals surface area contributed by atoms with Crippen LogP contribution in [0.3, 0.4) is 0 Å². The van der Waals surface area contributed by atoms with Crippen LogP contribution in [0.25, 0.3) is 0 Å². The summed E-state index contributed by atoms with van der Waals surface area (Å²) >= 11 is 0. The molecule has 1 rings (SSSR count). The first-order chi connectivity index (χ1) is 7.10. The van der Waals surface area contributed by atoms with Gasteiger partial charge in [-0.3, -0.25) is 0 Å². The summed E-state index contributed by atoms with van der Waals surface area (Å²) in [7, 11) is 0. The molecule has 1 aromatic rings. The van der Waals surface area contributed by atoms with E-state index in [0.717, 1.165) is 6.07 Å². The van der Waals surface area contributed by atoms with Crippen molar-refractivity contribution in [3.63, 3.8) is 0 Å². The van der Waals surface area contributed by atoms with Crippen LogP contribution in [0, 0.1) is 24.1 Å². The standard InChI is InChI=1S/C11H10FNO2/c1-3-15-11(14)9-4-8(6-13)5-10(12)7(9)2/h4-5H,3H2,1-2H3. The highest BCUT2D eigenvalue weighted by atomic mass is 19.1. The molecule has 0 aliphatic rings. The summed E-state index contributed by atoms with van der Waals surface area (Å²) in [5, 5.41) is 8.62. The van der Waals surface area contributed by atoms with Gasteiger partial charge in [-0.25, -0.2) is 9.18 Å². The van der Waals surface area contributed by atoms with Crippen molar-refractivity contribution in [3.8, 4) is 6.07 Å². The number of halogens is 1. The second-order valence-corrected chi connectivity index (χ2v) is 2.96. The van der Waals surface area contributed by atoms with Crippen molar-refractivity contribution in [2.45, 2.75) is 13.8 Å². The lowest BCUT2D eigenvalue weighted by Gasteiger charge is -2.06. The monoisotopic (exact) mass is 207 g/mol. The van der Waals surface area contributed by atoms with E-state index < -0.39 is 11.8 Å².